The number of anilines is 1. The first kappa shape index (κ1) is 12.0. The zero-order valence-electron chi connectivity index (χ0n) is 10.1. The number of hydrogen-bond donors (Lipinski definition) is 1. The Balaban J connectivity index is 1.87. The van der Waals surface area contributed by atoms with Gasteiger partial charge in [0, 0.05) is 32.2 Å². The normalized spacial score (nSPS) is 15.8. The van der Waals surface area contributed by atoms with Gasteiger partial charge in [-0.05, 0) is 12.1 Å². The number of rotatable bonds is 2. The summed E-state index contributed by atoms with van der Waals surface area (Å²) in [5, 5.41) is 10.9. The van der Waals surface area contributed by atoms with Gasteiger partial charge < -0.3 is 14.6 Å². The second-order valence-corrected chi connectivity index (χ2v) is 4.25. The van der Waals surface area contributed by atoms with Gasteiger partial charge in [-0.1, -0.05) is 5.10 Å². The molecule has 1 saturated heterocycles. The lowest BCUT2D eigenvalue weighted by Crippen LogP contribution is -2.43. The lowest BCUT2D eigenvalue weighted by molar-refractivity contribution is 0.502. The molecule has 3 rings (SSSR count). The van der Waals surface area contributed by atoms with Gasteiger partial charge in [-0.15, -0.1) is 5.10 Å². The molecule has 0 atom stereocenters. The van der Waals surface area contributed by atoms with E-state index in [0.29, 0.717) is 6.01 Å². The molecule has 0 unspecified atom stereocenters. The average Bonchev–Trinajstić information content (AvgIpc) is 2.89. The molecule has 1 fully saturated rings. The molecule has 0 spiro atoms. The first-order chi connectivity index (χ1) is 9.24. The Morgan fingerprint density at radius 1 is 1.16 bits per heavy atom. The molecular formula is C12H12F2N4O. The maximum atomic E-state index is 13.6. The molecule has 5 nitrogen and oxygen atoms in total. The summed E-state index contributed by atoms with van der Waals surface area (Å²) in [5.41, 5.74) is 0.107. The van der Waals surface area contributed by atoms with Crippen LogP contribution < -0.4 is 10.2 Å². The number of nitrogens with zero attached hydrogens (tertiary/aromatic N) is 3. The molecule has 0 radical (unpaired) electrons. The van der Waals surface area contributed by atoms with E-state index in [4.69, 9.17) is 4.42 Å². The van der Waals surface area contributed by atoms with E-state index in [1.807, 2.05) is 4.90 Å². The first-order valence-electron chi connectivity index (χ1n) is 5.98. The van der Waals surface area contributed by atoms with E-state index in [9.17, 15) is 8.78 Å². The van der Waals surface area contributed by atoms with Crippen LogP contribution in [0, 0.1) is 11.6 Å². The van der Waals surface area contributed by atoms with Crippen molar-refractivity contribution in [1.82, 2.24) is 15.5 Å². The Kier molecular flexibility index (Phi) is 3.12. The minimum Gasteiger partial charge on any atom is -0.403 e. The highest BCUT2D eigenvalue weighted by Crippen LogP contribution is 2.25. The van der Waals surface area contributed by atoms with Crippen LogP contribution in [-0.2, 0) is 0 Å². The van der Waals surface area contributed by atoms with Crippen molar-refractivity contribution in [3.63, 3.8) is 0 Å². The second kappa shape index (κ2) is 4.93. The van der Waals surface area contributed by atoms with Gasteiger partial charge in [-0.25, -0.2) is 8.78 Å². The van der Waals surface area contributed by atoms with Crippen molar-refractivity contribution in [1.29, 1.82) is 0 Å². The standard InChI is InChI=1S/C12H12F2N4O/c13-8-1-2-9(10(14)7-8)11-16-17-12(19-11)18-5-3-15-4-6-18/h1-2,7,15H,3-6H2. The highest BCUT2D eigenvalue weighted by Gasteiger charge is 2.19. The van der Waals surface area contributed by atoms with Crippen LogP contribution in [0.2, 0.25) is 0 Å². The Morgan fingerprint density at radius 2 is 1.95 bits per heavy atom. The molecule has 7 heteroatoms. The number of piperazine rings is 1. The monoisotopic (exact) mass is 266 g/mol. The van der Waals surface area contributed by atoms with E-state index in [1.54, 1.807) is 0 Å². The van der Waals surface area contributed by atoms with Crippen LogP contribution in [-0.4, -0.2) is 36.4 Å². The fourth-order valence-corrected chi connectivity index (χ4v) is 1.97. The van der Waals surface area contributed by atoms with Crippen LogP contribution in [0.1, 0.15) is 0 Å². The lowest BCUT2D eigenvalue weighted by atomic mass is 10.2. The van der Waals surface area contributed by atoms with Gasteiger partial charge >= 0.3 is 6.01 Å². The van der Waals surface area contributed by atoms with Gasteiger partial charge in [0.15, 0.2) is 0 Å². The predicted molar refractivity (Wildman–Crippen MR) is 64.7 cm³/mol. The number of benzene rings is 1. The van der Waals surface area contributed by atoms with Gasteiger partial charge in [-0.2, -0.15) is 0 Å². The largest absolute Gasteiger partial charge is 0.403 e. The summed E-state index contributed by atoms with van der Waals surface area (Å²) in [6.07, 6.45) is 0. The molecule has 0 aliphatic carbocycles. The highest BCUT2D eigenvalue weighted by molar-refractivity contribution is 5.54. The predicted octanol–water partition coefficient (Wildman–Crippen LogP) is 1.42. The Morgan fingerprint density at radius 3 is 2.68 bits per heavy atom. The molecule has 100 valence electrons. The summed E-state index contributed by atoms with van der Waals surface area (Å²) in [6, 6.07) is 3.61. The zero-order chi connectivity index (χ0) is 13.2. The highest BCUT2D eigenvalue weighted by atomic mass is 19.1. The van der Waals surface area contributed by atoms with Gasteiger partial charge in [0.25, 0.3) is 5.89 Å². The molecule has 1 aromatic carbocycles. The van der Waals surface area contributed by atoms with Crippen molar-refractivity contribution in [2.24, 2.45) is 0 Å². The summed E-state index contributed by atoms with van der Waals surface area (Å²) >= 11 is 0. The molecule has 2 aromatic rings. The minimum atomic E-state index is -0.712. The quantitative estimate of drug-likeness (QED) is 0.891. The average molecular weight is 266 g/mol. The minimum absolute atomic E-state index is 0.0611. The number of halogens is 2. The summed E-state index contributed by atoms with van der Waals surface area (Å²) in [7, 11) is 0. The zero-order valence-corrected chi connectivity index (χ0v) is 10.1. The molecule has 1 N–H and O–H groups in total. The van der Waals surface area contributed by atoms with Crippen molar-refractivity contribution in [2.45, 2.75) is 0 Å². The fraction of sp³-hybridized carbons (Fsp3) is 0.333. The Bertz CT molecular complexity index is 581. The molecule has 0 amide bonds. The van der Waals surface area contributed by atoms with Crippen molar-refractivity contribution >= 4 is 6.01 Å². The lowest BCUT2D eigenvalue weighted by Gasteiger charge is -2.24. The third-order valence-electron chi connectivity index (χ3n) is 2.96. The molecule has 0 bridgehead atoms. The summed E-state index contributed by atoms with van der Waals surface area (Å²) in [5.74, 6) is -1.29. The maximum absolute atomic E-state index is 13.6. The van der Waals surface area contributed by atoms with Gasteiger partial charge in [0.1, 0.15) is 11.6 Å². The van der Waals surface area contributed by atoms with E-state index >= 15 is 0 Å². The van der Waals surface area contributed by atoms with Crippen LogP contribution >= 0.6 is 0 Å². The SMILES string of the molecule is Fc1ccc(-c2nnc(N3CCNCC3)o2)c(F)c1. The fourth-order valence-electron chi connectivity index (χ4n) is 1.97. The maximum Gasteiger partial charge on any atom is 0.318 e. The van der Waals surface area contributed by atoms with Crippen LogP contribution in [0.3, 0.4) is 0 Å². The number of aromatic nitrogens is 2. The van der Waals surface area contributed by atoms with E-state index < -0.39 is 11.6 Å². The van der Waals surface area contributed by atoms with Crippen molar-refractivity contribution in [3.05, 3.63) is 29.8 Å². The van der Waals surface area contributed by atoms with E-state index in [-0.39, 0.29) is 11.5 Å². The number of hydrogen-bond acceptors (Lipinski definition) is 5. The topological polar surface area (TPSA) is 54.2 Å². The Hall–Kier alpha value is -2.02. The molecule has 19 heavy (non-hydrogen) atoms. The van der Waals surface area contributed by atoms with E-state index in [1.165, 1.54) is 6.07 Å². The van der Waals surface area contributed by atoms with Crippen LogP contribution in [0.15, 0.2) is 22.6 Å². The molecule has 1 aliphatic heterocycles. The van der Waals surface area contributed by atoms with E-state index in [0.717, 1.165) is 38.3 Å². The summed E-state index contributed by atoms with van der Waals surface area (Å²) in [4.78, 5) is 1.93. The van der Waals surface area contributed by atoms with Gasteiger partial charge in [0.2, 0.25) is 0 Å². The first-order valence-corrected chi connectivity index (χ1v) is 5.98. The molecule has 0 saturated carbocycles. The third-order valence-corrected chi connectivity index (χ3v) is 2.96. The van der Waals surface area contributed by atoms with Crippen molar-refractivity contribution in [3.8, 4) is 11.5 Å². The van der Waals surface area contributed by atoms with E-state index in [2.05, 4.69) is 15.5 Å². The smallest absolute Gasteiger partial charge is 0.318 e. The summed E-state index contributed by atoms with van der Waals surface area (Å²) < 4.78 is 31.9. The van der Waals surface area contributed by atoms with Crippen molar-refractivity contribution in [2.75, 3.05) is 31.1 Å². The molecule has 2 heterocycles. The molecule has 1 aromatic heterocycles. The molecule has 1 aliphatic rings. The van der Waals surface area contributed by atoms with Crippen LogP contribution in [0.4, 0.5) is 14.8 Å². The van der Waals surface area contributed by atoms with Gasteiger partial charge in [-0.3, -0.25) is 0 Å². The number of nitrogens with one attached hydrogen (secondary N) is 1. The Labute approximate surface area is 108 Å². The second-order valence-electron chi connectivity index (χ2n) is 4.25. The van der Waals surface area contributed by atoms with Gasteiger partial charge in [0.05, 0.1) is 5.56 Å². The third kappa shape index (κ3) is 2.41. The van der Waals surface area contributed by atoms with Crippen LogP contribution in [0.5, 0.6) is 0 Å². The summed E-state index contributed by atoms with van der Waals surface area (Å²) in [6.45, 7) is 3.19. The molecular weight excluding hydrogens is 254 g/mol. The van der Waals surface area contributed by atoms with Crippen LogP contribution in [0.25, 0.3) is 11.5 Å². The van der Waals surface area contributed by atoms with Crippen molar-refractivity contribution < 1.29 is 13.2 Å².